The van der Waals surface area contributed by atoms with Crippen molar-refractivity contribution >= 4 is 5.91 Å². The van der Waals surface area contributed by atoms with Crippen LogP contribution in [0.25, 0.3) is 0 Å². The van der Waals surface area contributed by atoms with Crippen molar-refractivity contribution in [3.63, 3.8) is 0 Å². The summed E-state index contributed by atoms with van der Waals surface area (Å²) in [6, 6.07) is 0. The molecule has 5 N–H and O–H groups in total. The van der Waals surface area contributed by atoms with E-state index in [1.807, 2.05) is 20.8 Å². The van der Waals surface area contributed by atoms with Gasteiger partial charge in [0.1, 0.15) is 6.10 Å². The van der Waals surface area contributed by atoms with Crippen molar-refractivity contribution in [2.45, 2.75) is 95.6 Å². The van der Waals surface area contributed by atoms with Crippen molar-refractivity contribution in [3.8, 4) is 0 Å². The molecule has 2 fully saturated rings. The molecular weight excluding hydrogens is 434 g/mol. The van der Waals surface area contributed by atoms with Crippen LogP contribution in [0.15, 0.2) is 12.2 Å². The Balaban J connectivity index is 2.11. The van der Waals surface area contributed by atoms with Crippen LogP contribution in [0.2, 0.25) is 0 Å². The molecule has 9 atom stereocenters. The van der Waals surface area contributed by atoms with E-state index < -0.39 is 60.0 Å². The lowest BCUT2D eigenvalue weighted by Crippen LogP contribution is -2.62. The van der Waals surface area contributed by atoms with Crippen LogP contribution >= 0.6 is 0 Å². The van der Waals surface area contributed by atoms with Gasteiger partial charge in [0.2, 0.25) is 5.79 Å². The van der Waals surface area contributed by atoms with E-state index >= 15 is 0 Å². The van der Waals surface area contributed by atoms with E-state index in [9.17, 15) is 25.2 Å². The van der Waals surface area contributed by atoms with E-state index in [0.29, 0.717) is 5.57 Å². The molecule has 33 heavy (non-hydrogen) atoms. The summed E-state index contributed by atoms with van der Waals surface area (Å²) in [5, 5.41) is 44.9. The second kappa shape index (κ2) is 11.1. The van der Waals surface area contributed by atoms with Gasteiger partial charge in [-0.1, -0.05) is 32.9 Å². The highest BCUT2D eigenvalue weighted by atomic mass is 16.6. The smallest absolute Gasteiger partial charge is 0.256 e. The van der Waals surface area contributed by atoms with E-state index in [4.69, 9.17) is 18.9 Å². The average molecular weight is 476 g/mol. The van der Waals surface area contributed by atoms with Crippen LogP contribution in [0, 0.1) is 11.3 Å². The maximum absolute atomic E-state index is 12.8. The number of nitrogens with one attached hydrogen (secondary N) is 1. The van der Waals surface area contributed by atoms with Gasteiger partial charge in [0.25, 0.3) is 5.91 Å². The molecule has 10 nitrogen and oxygen atoms in total. The van der Waals surface area contributed by atoms with E-state index in [-0.39, 0.29) is 31.8 Å². The molecule has 0 saturated carbocycles. The van der Waals surface area contributed by atoms with Crippen LogP contribution in [-0.4, -0.2) is 95.8 Å². The zero-order valence-corrected chi connectivity index (χ0v) is 20.5. The minimum atomic E-state index is -2.12. The van der Waals surface area contributed by atoms with Crippen LogP contribution in [0.1, 0.15) is 47.0 Å². The number of carbonyl (C=O) groups excluding carboxylic acids is 1. The molecule has 0 aliphatic carbocycles. The molecule has 2 rings (SSSR count). The average Bonchev–Trinajstić information content (AvgIpc) is 2.73. The Hall–Kier alpha value is -1.11. The van der Waals surface area contributed by atoms with Crippen LogP contribution in [0.3, 0.4) is 0 Å². The van der Waals surface area contributed by atoms with Gasteiger partial charge in [-0.15, -0.1) is 0 Å². The van der Waals surface area contributed by atoms with Gasteiger partial charge in [-0.3, -0.25) is 4.79 Å². The summed E-state index contributed by atoms with van der Waals surface area (Å²) in [5.74, 6) is -3.05. The van der Waals surface area contributed by atoms with Gasteiger partial charge in [-0.25, -0.2) is 0 Å². The van der Waals surface area contributed by atoms with Crippen molar-refractivity contribution in [2.75, 3.05) is 20.8 Å². The maximum atomic E-state index is 12.8. The molecule has 2 heterocycles. The topological polar surface area (TPSA) is 147 Å². The number of hydrogen-bond acceptors (Lipinski definition) is 9. The largest absolute Gasteiger partial charge is 0.392 e. The number of aliphatic hydroxyl groups is 4. The Kier molecular flexibility index (Phi) is 9.45. The summed E-state index contributed by atoms with van der Waals surface area (Å²) < 4.78 is 22.1. The van der Waals surface area contributed by atoms with Crippen LogP contribution in [-0.2, 0) is 23.7 Å². The van der Waals surface area contributed by atoms with E-state index in [1.54, 1.807) is 6.92 Å². The van der Waals surface area contributed by atoms with Gasteiger partial charge in [0.05, 0.1) is 31.0 Å². The van der Waals surface area contributed by atoms with Crippen molar-refractivity contribution < 1.29 is 44.2 Å². The molecule has 0 aromatic rings. The minimum Gasteiger partial charge on any atom is -0.392 e. The fraction of sp³-hybridized carbons (Fsp3) is 0.870. The van der Waals surface area contributed by atoms with Crippen molar-refractivity contribution in [1.82, 2.24) is 5.32 Å². The summed E-state index contributed by atoms with van der Waals surface area (Å²) in [5.41, 5.74) is 0.00974. The molecule has 2 aliphatic heterocycles. The predicted octanol–water partition coefficient (Wildman–Crippen LogP) is 0.0677. The highest BCUT2D eigenvalue weighted by molar-refractivity contribution is 5.82. The normalized spacial score (nSPS) is 37.3. The van der Waals surface area contributed by atoms with Crippen LogP contribution in [0.5, 0.6) is 0 Å². The number of hydrogen-bond donors (Lipinski definition) is 5. The number of ether oxygens (including phenoxy) is 4. The summed E-state index contributed by atoms with van der Waals surface area (Å²) in [4.78, 5) is 12.8. The third-order valence-electron chi connectivity index (χ3n) is 7.10. The van der Waals surface area contributed by atoms with Gasteiger partial charge in [-0.05, 0) is 6.92 Å². The molecule has 0 aromatic carbocycles. The molecule has 10 heteroatoms. The Labute approximate surface area is 195 Å². The number of rotatable bonds is 9. The van der Waals surface area contributed by atoms with Gasteiger partial charge >= 0.3 is 0 Å². The first-order chi connectivity index (χ1) is 15.3. The lowest BCUT2D eigenvalue weighted by Gasteiger charge is -2.48. The molecule has 2 aliphatic rings. The predicted molar refractivity (Wildman–Crippen MR) is 119 cm³/mol. The van der Waals surface area contributed by atoms with Crippen molar-refractivity contribution in [1.29, 1.82) is 0 Å². The Morgan fingerprint density at radius 2 is 1.94 bits per heavy atom. The second-order valence-electron chi connectivity index (χ2n) is 9.94. The number of aliphatic hydroxyl groups excluding tert-OH is 3. The fourth-order valence-electron chi connectivity index (χ4n) is 4.41. The van der Waals surface area contributed by atoms with Gasteiger partial charge in [0.15, 0.2) is 12.3 Å². The first kappa shape index (κ1) is 28.1. The van der Waals surface area contributed by atoms with Crippen molar-refractivity contribution in [3.05, 3.63) is 12.2 Å². The minimum absolute atomic E-state index is 0.0295. The lowest BCUT2D eigenvalue weighted by molar-refractivity contribution is -0.285. The molecular formula is C23H41NO9. The summed E-state index contributed by atoms with van der Waals surface area (Å²) in [7, 11) is 2.84. The number of carbonyl (C=O) groups is 1. The van der Waals surface area contributed by atoms with Gasteiger partial charge < -0.3 is 44.7 Å². The Morgan fingerprint density at radius 3 is 2.48 bits per heavy atom. The highest BCUT2D eigenvalue weighted by Crippen LogP contribution is 2.40. The summed E-state index contributed by atoms with van der Waals surface area (Å²) >= 11 is 0. The zero-order chi connectivity index (χ0) is 25.1. The first-order valence-corrected chi connectivity index (χ1v) is 11.4. The Bertz CT molecular complexity index is 687. The molecule has 2 saturated heterocycles. The highest BCUT2D eigenvalue weighted by Gasteiger charge is 2.50. The molecule has 0 aromatic heterocycles. The monoisotopic (exact) mass is 475 g/mol. The first-order valence-electron chi connectivity index (χ1n) is 11.4. The molecule has 0 spiro atoms. The summed E-state index contributed by atoms with van der Waals surface area (Å²) in [6.45, 7) is 11.3. The van der Waals surface area contributed by atoms with Crippen molar-refractivity contribution in [2.24, 2.45) is 11.3 Å². The molecule has 0 unspecified atom stereocenters. The van der Waals surface area contributed by atoms with E-state index in [0.717, 1.165) is 0 Å². The molecule has 192 valence electrons. The quantitative estimate of drug-likeness (QED) is 0.231. The summed E-state index contributed by atoms with van der Waals surface area (Å²) in [6.07, 6.45) is -5.97. The third-order valence-corrected chi connectivity index (χ3v) is 7.10. The SMILES string of the molecule is C=C1C[C@](O)([C@H](O)C(=O)N[C@@H](OC)[C@@H]2C[C@@H](O)C(C)(C)[C@@H](C[C@H](O)COC)O2)O[C@H](C)[C@@H]1C. The van der Waals surface area contributed by atoms with Gasteiger partial charge in [0, 0.05) is 44.8 Å². The van der Waals surface area contributed by atoms with Crippen LogP contribution < -0.4 is 5.32 Å². The van der Waals surface area contributed by atoms with Gasteiger partial charge in [-0.2, -0.15) is 0 Å². The number of amides is 1. The standard InChI is InChI=1S/C23H41NO9/c1-12-10-23(29,33-14(3)13(12)2)19(27)20(28)24-21(31-7)16-9-17(26)22(4,5)18(32-16)8-15(25)11-30-6/h13-19,21,25-27,29H,1,8-11H2,2-7H3,(H,24,28)/t13-,14-,15+,16+,17-,18-,19-,21+,23-/m1/s1. The van der Waals surface area contributed by atoms with E-state index in [2.05, 4.69) is 11.9 Å². The molecule has 1 amide bonds. The van der Waals surface area contributed by atoms with E-state index in [1.165, 1.54) is 14.2 Å². The van der Waals surface area contributed by atoms with Crippen LogP contribution in [0.4, 0.5) is 0 Å². The molecule has 0 bridgehead atoms. The lowest BCUT2D eigenvalue weighted by atomic mass is 9.74. The molecule has 0 radical (unpaired) electrons. The number of methoxy groups -OCH3 is 2. The second-order valence-corrected chi connectivity index (χ2v) is 9.94. The third kappa shape index (κ3) is 6.32. The maximum Gasteiger partial charge on any atom is 0.256 e. The Morgan fingerprint density at radius 1 is 1.30 bits per heavy atom. The fourth-order valence-corrected chi connectivity index (χ4v) is 4.41. The zero-order valence-electron chi connectivity index (χ0n) is 20.5.